The summed E-state index contributed by atoms with van der Waals surface area (Å²) in [6, 6.07) is 4.78. The first kappa shape index (κ1) is 14.5. The van der Waals surface area contributed by atoms with Crippen molar-refractivity contribution in [3.8, 4) is 6.07 Å². The Morgan fingerprint density at radius 3 is 2.61 bits per heavy atom. The predicted octanol–water partition coefficient (Wildman–Crippen LogP) is 2.37. The highest BCUT2D eigenvalue weighted by Gasteiger charge is 2.33. The summed E-state index contributed by atoms with van der Waals surface area (Å²) in [5.41, 5.74) is -0.968. The van der Waals surface area contributed by atoms with E-state index in [1.807, 2.05) is 0 Å². The average Bonchev–Trinajstić information content (AvgIpc) is 2.26. The maximum atomic E-state index is 12.5. The summed E-state index contributed by atoms with van der Waals surface area (Å²) in [6.07, 6.45) is -3.00. The topological polar surface area (TPSA) is 52.9 Å². The summed E-state index contributed by atoms with van der Waals surface area (Å²) in [7, 11) is -0.972. The lowest BCUT2D eigenvalue weighted by Gasteiger charge is -2.11. The van der Waals surface area contributed by atoms with Gasteiger partial charge in [0.1, 0.15) is 0 Å². The van der Waals surface area contributed by atoms with Gasteiger partial charge in [-0.25, -0.2) is 0 Å². The van der Waals surface area contributed by atoms with Gasteiger partial charge in [0.05, 0.1) is 17.2 Å². The highest BCUT2D eigenvalue weighted by atomic mass is 32.2. The molecule has 0 aromatic heterocycles. The van der Waals surface area contributed by atoms with E-state index in [1.54, 1.807) is 0 Å². The Balaban J connectivity index is 2.87. The van der Waals surface area contributed by atoms with Crippen LogP contribution in [0.1, 0.15) is 11.1 Å². The Hall–Kier alpha value is -1.55. The van der Waals surface area contributed by atoms with Crippen LogP contribution in [-0.4, -0.2) is 22.8 Å². The van der Waals surface area contributed by atoms with Crippen molar-refractivity contribution in [1.29, 1.82) is 5.26 Å². The lowest BCUT2D eigenvalue weighted by Crippen LogP contribution is -2.11. The molecule has 0 fully saturated rings. The van der Waals surface area contributed by atoms with Gasteiger partial charge in [0.15, 0.2) is 0 Å². The summed E-state index contributed by atoms with van der Waals surface area (Å²) in [5.74, 6) is 0.392. The van der Waals surface area contributed by atoms with Gasteiger partial charge in [0.25, 0.3) is 0 Å². The molecule has 0 radical (unpaired) electrons. The maximum Gasteiger partial charge on any atom is 0.417 e. The average molecular weight is 276 g/mol. The number of halogens is 3. The van der Waals surface area contributed by atoms with Gasteiger partial charge in [-0.05, 0) is 18.2 Å². The van der Waals surface area contributed by atoms with Crippen molar-refractivity contribution >= 4 is 16.5 Å². The van der Waals surface area contributed by atoms with E-state index < -0.39 is 28.1 Å². The normalized spacial score (nSPS) is 12.8. The Bertz CT molecular complexity index is 494. The molecule has 0 aliphatic carbocycles. The number of hydrogen-bond donors (Lipinski definition) is 1. The zero-order valence-corrected chi connectivity index (χ0v) is 10.4. The van der Waals surface area contributed by atoms with Gasteiger partial charge >= 0.3 is 6.18 Å². The molecule has 0 aliphatic rings. The van der Waals surface area contributed by atoms with E-state index in [1.165, 1.54) is 18.4 Å². The Kier molecular flexibility index (Phi) is 4.73. The predicted molar refractivity (Wildman–Crippen MR) is 63.6 cm³/mol. The minimum atomic E-state index is -4.53. The third kappa shape index (κ3) is 4.04. The van der Waals surface area contributed by atoms with E-state index in [4.69, 9.17) is 5.26 Å². The van der Waals surface area contributed by atoms with Crippen LogP contribution in [0.25, 0.3) is 0 Å². The lowest BCUT2D eigenvalue weighted by molar-refractivity contribution is -0.137. The van der Waals surface area contributed by atoms with Crippen LogP contribution >= 0.6 is 0 Å². The van der Waals surface area contributed by atoms with E-state index in [2.05, 4.69) is 5.32 Å². The molecule has 0 bridgehead atoms. The summed E-state index contributed by atoms with van der Waals surface area (Å²) in [5, 5.41) is 11.5. The van der Waals surface area contributed by atoms with Crippen LogP contribution in [0.5, 0.6) is 0 Å². The van der Waals surface area contributed by atoms with Crippen LogP contribution in [0.15, 0.2) is 18.2 Å². The molecule has 0 amide bonds. The first-order valence-corrected chi connectivity index (χ1v) is 6.72. The molecule has 0 spiro atoms. The molecular weight excluding hydrogens is 265 g/mol. The number of nitrogens with zero attached hydrogens (tertiary/aromatic N) is 1. The second kappa shape index (κ2) is 5.87. The third-order valence-electron chi connectivity index (χ3n) is 2.16. The zero-order chi connectivity index (χ0) is 13.8. The number of anilines is 1. The zero-order valence-electron chi connectivity index (χ0n) is 9.54. The van der Waals surface area contributed by atoms with E-state index in [0.29, 0.717) is 18.0 Å². The number of nitriles is 1. The highest BCUT2D eigenvalue weighted by Crippen LogP contribution is 2.32. The Morgan fingerprint density at radius 2 is 2.11 bits per heavy atom. The SMILES string of the molecule is CS(=O)CCNc1ccc(C(F)(F)F)c(C#N)c1. The van der Waals surface area contributed by atoms with Crippen LogP contribution in [-0.2, 0) is 17.0 Å². The molecule has 7 heteroatoms. The fourth-order valence-corrected chi connectivity index (χ4v) is 1.72. The molecule has 0 aliphatic heterocycles. The van der Waals surface area contributed by atoms with Crippen molar-refractivity contribution in [1.82, 2.24) is 0 Å². The minimum absolute atomic E-state index is 0.374. The highest BCUT2D eigenvalue weighted by molar-refractivity contribution is 7.84. The van der Waals surface area contributed by atoms with Crippen LogP contribution in [0.3, 0.4) is 0 Å². The molecule has 0 saturated heterocycles. The van der Waals surface area contributed by atoms with Gasteiger partial charge in [-0.15, -0.1) is 0 Å². The molecule has 1 N–H and O–H groups in total. The fraction of sp³-hybridized carbons (Fsp3) is 0.364. The van der Waals surface area contributed by atoms with Crippen molar-refractivity contribution < 1.29 is 17.4 Å². The quantitative estimate of drug-likeness (QED) is 0.918. The van der Waals surface area contributed by atoms with Crippen LogP contribution in [0.2, 0.25) is 0 Å². The molecular formula is C11H11F3N2OS. The second-order valence-corrected chi connectivity index (χ2v) is 5.13. The number of rotatable bonds is 4. The summed E-state index contributed by atoms with van der Waals surface area (Å²) in [4.78, 5) is 0. The third-order valence-corrected chi connectivity index (χ3v) is 2.94. The van der Waals surface area contributed by atoms with Gasteiger partial charge in [-0.1, -0.05) is 0 Å². The van der Waals surface area contributed by atoms with Crippen LogP contribution < -0.4 is 5.32 Å². The Labute approximate surface area is 105 Å². The molecule has 0 heterocycles. The van der Waals surface area contributed by atoms with Crippen molar-refractivity contribution in [3.63, 3.8) is 0 Å². The summed E-state index contributed by atoms with van der Waals surface area (Å²) >= 11 is 0. The smallest absolute Gasteiger partial charge is 0.384 e. The number of alkyl halides is 3. The molecule has 0 saturated carbocycles. The van der Waals surface area contributed by atoms with Crippen molar-refractivity contribution in [2.45, 2.75) is 6.18 Å². The molecule has 98 valence electrons. The molecule has 1 unspecified atom stereocenters. The first-order valence-electron chi connectivity index (χ1n) is 5.00. The van der Waals surface area contributed by atoms with Gasteiger partial charge in [-0.3, -0.25) is 4.21 Å². The molecule has 3 nitrogen and oxygen atoms in total. The monoisotopic (exact) mass is 276 g/mol. The molecule has 1 atom stereocenters. The fourth-order valence-electron chi connectivity index (χ4n) is 1.33. The van der Waals surface area contributed by atoms with E-state index in [0.717, 1.165) is 12.1 Å². The van der Waals surface area contributed by atoms with Gasteiger partial charge in [0.2, 0.25) is 0 Å². The lowest BCUT2D eigenvalue weighted by atomic mass is 10.1. The minimum Gasteiger partial charge on any atom is -0.384 e. The molecule has 18 heavy (non-hydrogen) atoms. The van der Waals surface area contributed by atoms with Gasteiger partial charge in [-0.2, -0.15) is 18.4 Å². The van der Waals surface area contributed by atoms with E-state index in [9.17, 15) is 17.4 Å². The van der Waals surface area contributed by atoms with Gasteiger partial charge in [0, 0.05) is 35.0 Å². The van der Waals surface area contributed by atoms with Crippen molar-refractivity contribution in [3.05, 3.63) is 29.3 Å². The van der Waals surface area contributed by atoms with Crippen molar-refractivity contribution in [2.24, 2.45) is 0 Å². The maximum absolute atomic E-state index is 12.5. The Morgan fingerprint density at radius 1 is 1.44 bits per heavy atom. The summed E-state index contributed by atoms with van der Waals surface area (Å²) < 4.78 is 48.4. The standard InChI is InChI=1S/C11H11F3N2OS/c1-18(17)5-4-16-9-2-3-10(11(12,13)14)8(6-9)7-15/h2-3,6,16H,4-5H2,1H3. The first-order chi connectivity index (χ1) is 8.34. The number of hydrogen-bond acceptors (Lipinski definition) is 3. The summed E-state index contributed by atoms with van der Waals surface area (Å²) in [6.45, 7) is 0.374. The molecule has 1 aromatic rings. The van der Waals surface area contributed by atoms with Crippen LogP contribution in [0, 0.1) is 11.3 Å². The van der Waals surface area contributed by atoms with Crippen molar-refractivity contribution in [2.75, 3.05) is 23.9 Å². The van der Waals surface area contributed by atoms with Gasteiger partial charge < -0.3 is 5.32 Å². The molecule has 1 aromatic carbocycles. The number of nitrogens with one attached hydrogen (secondary N) is 1. The molecule has 1 rings (SSSR count). The van der Waals surface area contributed by atoms with E-state index in [-0.39, 0.29) is 0 Å². The van der Waals surface area contributed by atoms with Crippen LogP contribution in [0.4, 0.5) is 18.9 Å². The number of benzene rings is 1. The largest absolute Gasteiger partial charge is 0.417 e. The second-order valence-electron chi connectivity index (χ2n) is 3.57. The van der Waals surface area contributed by atoms with E-state index >= 15 is 0 Å².